The van der Waals surface area contributed by atoms with E-state index in [-0.39, 0.29) is 18.1 Å². The third-order valence-corrected chi connectivity index (χ3v) is 3.87. The highest BCUT2D eigenvalue weighted by Crippen LogP contribution is 2.19. The Balaban J connectivity index is 1.86. The largest absolute Gasteiger partial charge is 0.461 e. The number of esters is 1. The van der Waals surface area contributed by atoms with Crippen LogP contribution < -0.4 is 0 Å². The smallest absolute Gasteiger partial charge is 0.323 e. The monoisotopic (exact) mass is 311 g/mol. The Morgan fingerprint density at radius 2 is 2.06 bits per heavy atom. The number of rotatable bonds is 4. The van der Waals surface area contributed by atoms with Crippen LogP contribution in [0.2, 0.25) is 0 Å². The van der Waals surface area contributed by atoms with Crippen molar-refractivity contribution in [2.45, 2.75) is 31.9 Å². The van der Waals surface area contributed by atoms with Crippen molar-refractivity contribution in [2.24, 2.45) is 0 Å². The van der Waals surface area contributed by atoms with Crippen molar-refractivity contribution in [3.05, 3.63) is 34.3 Å². The predicted molar refractivity (Wildman–Crippen MR) is 74.4 cm³/mol. The Bertz CT molecular complexity index is 418. The van der Waals surface area contributed by atoms with Gasteiger partial charge in [0.25, 0.3) is 0 Å². The molecule has 1 saturated heterocycles. The highest BCUT2D eigenvalue weighted by Gasteiger charge is 2.34. The number of hydrogen-bond acceptors (Lipinski definition) is 3. The summed E-state index contributed by atoms with van der Waals surface area (Å²) >= 11 is 3.42. The molecule has 2 rings (SSSR count). The molecule has 0 radical (unpaired) electrons. The van der Waals surface area contributed by atoms with Crippen LogP contribution in [0.4, 0.5) is 0 Å². The average Bonchev–Trinajstić information content (AvgIpc) is 2.67. The lowest BCUT2D eigenvalue weighted by Crippen LogP contribution is -2.36. The van der Waals surface area contributed by atoms with Gasteiger partial charge in [-0.05, 0) is 38.1 Å². The van der Waals surface area contributed by atoms with E-state index >= 15 is 0 Å². The zero-order chi connectivity index (χ0) is 13.1. The molecule has 0 unspecified atom stereocenters. The number of likely N-dealkylation sites (N-methyl/N-ethyl adjacent to an activating group) is 1. The minimum atomic E-state index is -0.0826. The van der Waals surface area contributed by atoms with Crippen LogP contribution in [0.15, 0.2) is 28.7 Å². The second-order valence-electron chi connectivity index (χ2n) is 4.86. The number of carbonyl (C=O) groups excluding carboxylic acids is 1. The van der Waals surface area contributed by atoms with Gasteiger partial charge in [-0.15, -0.1) is 0 Å². The van der Waals surface area contributed by atoms with Gasteiger partial charge >= 0.3 is 5.97 Å². The van der Waals surface area contributed by atoms with E-state index in [2.05, 4.69) is 33.0 Å². The summed E-state index contributed by atoms with van der Waals surface area (Å²) in [6.07, 6.45) is 1.80. The van der Waals surface area contributed by atoms with Crippen molar-refractivity contribution >= 4 is 21.9 Å². The maximum absolute atomic E-state index is 11.6. The molecule has 0 aromatic heterocycles. The van der Waals surface area contributed by atoms with Gasteiger partial charge in [-0.2, -0.15) is 0 Å². The minimum absolute atomic E-state index is 0.0534. The fraction of sp³-hybridized carbons (Fsp3) is 0.500. The lowest BCUT2D eigenvalue weighted by Gasteiger charge is -2.20. The van der Waals surface area contributed by atoms with E-state index in [1.807, 2.05) is 26.1 Å². The van der Waals surface area contributed by atoms with Crippen LogP contribution in [-0.4, -0.2) is 36.6 Å². The van der Waals surface area contributed by atoms with Crippen molar-refractivity contribution < 1.29 is 9.53 Å². The van der Waals surface area contributed by atoms with E-state index in [9.17, 15) is 4.79 Å². The molecule has 3 nitrogen and oxygen atoms in total. The molecule has 1 aliphatic rings. The van der Waals surface area contributed by atoms with Crippen LogP contribution in [0.1, 0.15) is 18.9 Å². The number of ether oxygens (including phenoxy) is 1. The summed E-state index contributed by atoms with van der Waals surface area (Å²) in [6.45, 7) is 2.81. The molecule has 98 valence electrons. The van der Waals surface area contributed by atoms with Crippen molar-refractivity contribution in [1.82, 2.24) is 4.90 Å². The summed E-state index contributed by atoms with van der Waals surface area (Å²) in [4.78, 5) is 13.7. The zero-order valence-electron chi connectivity index (χ0n) is 10.7. The number of hydrogen-bond donors (Lipinski definition) is 0. The average molecular weight is 312 g/mol. The molecule has 1 aromatic carbocycles. The fourth-order valence-electron chi connectivity index (χ4n) is 2.21. The third kappa shape index (κ3) is 3.33. The van der Waals surface area contributed by atoms with E-state index in [0.29, 0.717) is 0 Å². The molecule has 18 heavy (non-hydrogen) atoms. The summed E-state index contributed by atoms with van der Waals surface area (Å²) in [5.74, 6) is -0.0826. The van der Waals surface area contributed by atoms with Gasteiger partial charge < -0.3 is 4.74 Å². The first kappa shape index (κ1) is 13.6. The van der Waals surface area contributed by atoms with E-state index < -0.39 is 0 Å². The predicted octanol–water partition coefficient (Wildman–Crippen LogP) is 2.63. The Labute approximate surface area is 116 Å². The van der Waals surface area contributed by atoms with Crippen LogP contribution >= 0.6 is 15.9 Å². The molecule has 0 N–H and O–H groups in total. The molecule has 1 heterocycles. The molecule has 0 spiro atoms. The summed E-state index contributed by atoms with van der Waals surface area (Å²) in [5, 5.41) is 0. The number of carbonyl (C=O) groups is 1. The minimum Gasteiger partial charge on any atom is -0.461 e. The van der Waals surface area contributed by atoms with Crippen LogP contribution in [0.5, 0.6) is 0 Å². The van der Waals surface area contributed by atoms with Crippen molar-refractivity contribution in [2.75, 3.05) is 13.6 Å². The SMILES string of the molecule is C[C@@H]1C[C@H](N(C)CCc2ccc(Br)cc2)C(=O)O1. The zero-order valence-corrected chi connectivity index (χ0v) is 12.3. The summed E-state index contributed by atoms with van der Waals surface area (Å²) in [7, 11) is 1.99. The molecular formula is C14H18BrNO2. The maximum atomic E-state index is 11.6. The van der Waals surface area contributed by atoms with Crippen molar-refractivity contribution in [1.29, 1.82) is 0 Å². The van der Waals surface area contributed by atoms with Gasteiger partial charge in [0.2, 0.25) is 0 Å². The number of halogens is 1. The number of nitrogens with zero attached hydrogens (tertiary/aromatic N) is 1. The van der Waals surface area contributed by atoms with Gasteiger partial charge in [0.1, 0.15) is 12.1 Å². The molecule has 2 atom stereocenters. The van der Waals surface area contributed by atoms with Crippen molar-refractivity contribution in [3.63, 3.8) is 0 Å². The highest BCUT2D eigenvalue weighted by molar-refractivity contribution is 9.10. The Morgan fingerprint density at radius 1 is 1.39 bits per heavy atom. The first-order valence-corrected chi connectivity index (χ1v) is 7.01. The standard InChI is InChI=1S/C14H18BrNO2/c1-10-9-13(14(17)18-10)16(2)8-7-11-3-5-12(15)6-4-11/h3-6,10,13H,7-9H2,1-2H3/t10-,13+/m1/s1. The molecule has 0 aliphatic carbocycles. The van der Waals surface area contributed by atoms with Crippen LogP contribution in [0.3, 0.4) is 0 Å². The van der Waals surface area contributed by atoms with E-state index in [4.69, 9.17) is 4.74 Å². The molecule has 0 saturated carbocycles. The molecule has 0 amide bonds. The highest BCUT2D eigenvalue weighted by atomic mass is 79.9. The van der Waals surface area contributed by atoms with Gasteiger partial charge in [0.15, 0.2) is 0 Å². The quantitative estimate of drug-likeness (QED) is 0.801. The van der Waals surface area contributed by atoms with Crippen LogP contribution in [0.25, 0.3) is 0 Å². The second kappa shape index (κ2) is 5.85. The Hall–Kier alpha value is -0.870. The van der Waals surface area contributed by atoms with Gasteiger partial charge in [-0.3, -0.25) is 9.69 Å². The van der Waals surface area contributed by atoms with E-state index in [0.717, 1.165) is 23.9 Å². The molecular weight excluding hydrogens is 294 g/mol. The summed E-state index contributed by atoms with van der Waals surface area (Å²) in [6, 6.07) is 8.22. The lowest BCUT2D eigenvalue weighted by molar-refractivity contribution is -0.144. The third-order valence-electron chi connectivity index (χ3n) is 3.34. The van der Waals surface area contributed by atoms with Gasteiger partial charge in [-0.25, -0.2) is 0 Å². The van der Waals surface area contributed by atoms with Gasteiger partial charge in [0.05, 0.1) is 0 Å². The molecule has 1 aromatic rings. The normalized spacial score (nSPS) is 23.4. The lowest BCUT2D eigenvalue weighted by atomic mass is 10.1. The first-order valence-electron chi connectivity index (χ1n) is 6.21. The molecule has 1 fully saturated rings. The first-order chi connectivity index (χ1) is 8.56. The van der Waals surface area contributed by atoms with Crippen LogP contribution in [0, 0.1) is 0 Å². The van der Waals surface area contributed by atoms with Gasteiger partial charge in [0, 0.05) is 17.4 Å². The summed E-state index contributed by atoms with van der Waals surface area (Å²) < 4.78 is 6.27. The van der Waals surface area contributed by atoms with E-state index in [1.165, 1.54) is 5.56 Å². The maximum Gasteiger partial charge on any atom is 0.323 e. The molecule has 1 aliphatic heterocycles. The second-order valence-corrected chi connectivity index (χ2v) is 5.77. The topological polar surface area (TPSA) is 29.5 Å². The fourth-order valence-corrected chi connectivity index (χ4v) is 2.47. The van der Waals surface area contributed by atoms with E-state index in [1.54, 1.807) is 0 Å². The molecule has 4 heteroatoms. The Kier molecular flexibility index (Phi) is 4.40. The number of cyclic esters (lactones) is 1. The Morgan fingerprint density at radius 3 is 2.61 bits per heavy atom. The van der Waals surface area contributed by atoms with Gasteiger partial charge in [-0.1, -0.05) is 28.1 Å². The van der Waals surface area contributed by atoms with Crippen LogP contribution in [-0.2, 0) is 16.0 Å². The van der Waals surface area contributed by atoms with Crippen molar-refractivity contribution in [3.8, 4) is 0 Å². The molecule has 0 bridgehead atoms. The summed E-state index contributed by atoms with van der Waals surface area (Å²) in [5.41, 5.74) is 1.28. The number of benzene rings is 1.